The summed E-state index contributed by atoms with van der Waals surface area (Å²) < 4.78 is 0. The molecule has 1 N–H and O–H groups in total. The van der Waals surface area contributed by atoms with Crippen LogP contribution in [-0.4, -0.2) is 29.8 Å². The number of hydrogen-bond acceptors (Lipinski definition) is 2. The Kier molecular flexibility index (Phi) is 6.03. The van der Waals surface area contributed by atoms with Gasteiger partial charge < -0.3 is 10.2 Å². The summed E-state index contributed by atoms with van der Waals surface area (Å²) in [4.78, 5) is 26.8. The molecule has 1 aromatic carbocycles. The second-order valence-corrected chi connectivity index (χ2v) is 7.85. The van der Waals surface area contributed by atoms with Gasteiger partial charge in [0.25, 0.3) is 5.91 Å². The zero-order chi connectivity index (χ0) is 17.7. The van der Waals surface area contributed by atoms with Crippen LogP contribution in [0, 0.1) is 5.41 Å². The van der Waals surface area contributed by atoms with E-state index >= 15 is 0 Å². The molecule has 1 fully saturated rings. The molecule has 24 heavy (non-hydrogen) atoms. The second kappa shape index (κ2) is 7.82. The van der Waals surface area contributed by atoms with Gasteiger partial charge in [-0.3, -0.25) is 9.59 Å². The van der Waals surface area contributed by atoms with Gasteiger partial charge in [0.2, 0.25) is 5.91 Å². The van der Waals surface area contributed by atoms with Crippen LogP contribution in [0.25, 0.3) is 0 Å². The average molecular weight is 330 g/mol. The Labute approximate surface area is 145 Å². The summed E-state index contributed by atoms with van der Waals surface area (Å²) in [6, 6.07) is 7.58. The van der Waals surface area contributed by atoms with Crippen LogP contribution in [0.4, 0.5) is 5.69 Å². The number of carbonyl (C=O) groups excluding carboxylic acids is 2. The lowest BCUT2D eigenvalue weighted by Gasteiger charge is -2.27. The number of anilines is 1. The highest BCUT2D eigenvalue weighted by Gasteiger charge is 2.24. The van der Waals surface area contributed by atoms with E-state index in [-0.39, 0.29) is 11.8 Å². The number of hydrogen-bond donors (Lipinski definition) is 1. The molecule has 1 saturated carbocycles. The third-order valence-corrected chi connectivity index (χ3v) is 4.74. The fourth-order valence-electron chi connectivity index (χ4n) is 3.06. The molecule has 1 aliphatic carbocycles. The summed E-state index contributed by atoms with van der Waals surface area (Å²) in [6.45, 7) is 5.62. The fraction of sp³-hybridized carbons (Fsp3) is 0.600. The Morgan fingerprint density at radius 1 is 1.08 bits per heavy atom. The molecule has 0 spiro atoms. The van der Waals surface area contributed by atoms with E-state index < -0.39 is 5.41 Å². The molecular formula is C20H30N2O2. The Morgan fingerprint density at radius 2 is 1.71 bits per heavy atom. The average Bonchev–Trinajstić information content (AvgIpc) is 2.82. The summed E-state index contributed by atoms with van der Waals surface area (Å²) in [6.07, 6.45) is 7.11. The molecule has 0 saturated heterocycles. The van der Waals surface area contributed by atoms with Gasteiger partial charge in [0, 0.05) is 29.8 Å². The molecule has 0 radical (unpaired) electrons. The van der Waals surface area contributed by atoms with Crippen molar-refractivity contribution < 1.29 is 9.59 Å². The molecule has 0 bridgehead atoms. The minimum Gasteiger partial charge on any atom is -0.339 e. The number of rotatable bonds is 3. The molecule has 2 rings (SSSR count). The van der Waals surface area contributed by atoms with Crippen LogP contribution in [0.1, 0.15) is 69.7 Å². The normalized spacial score (nSPS) is 16.3. The molecule has 0 aliphatic heterocycles. The number of nitrogens with zero attached hydrogens (tertiary/aromatic N) is 1. The first kappa shape index (κ1) is 18.5. The summed E-state index contributed by atoms with van der Waals surface area (Å²) in [7, 11) is 1.90. The molecular weight excluding hydrogens is 300 g/mol. The van der Waals surface area contributed by atoms with Gasteiger partial charge in [-0.25, -0.2) is 0 Å². The number of carbonyl (C=O) groups is 2. The van der Waals surface area contributed by atoms with Gasteiger partial charge in [0.1, 0.15) is 0 Å². The van der Waals surface area contributed by atoms with Crippen molar-refractivity contribution >= 4 is 17.5 Å². The van der Waals surface area contributed by atoms with Crippen LogP contribution in [0.5, 0.6) is 0 Å². The number of benzene rings is 1. The quantitative estimate of drug-likeness (QED) is 0.832. The maximum absolute atomic E-state index is 12.8. The Morgan fingerprint density at radius 3 is 2.29 bits per heavy atom. The maximum Gasteiger partial charge on any atom is 0.253 e. The van der Waals surface area contributed by atoms with Gasteiger partial charge in [0.05, 0.1) is 0 Å². The SMILES string of the molecule is CN(C(=O)c1cccc(NC(=O)C(C)(C)C)c1)C1CCCCCC1. The van der Waals surface area contributed by atoms with Crippen LogP contribution in [0.15, 0.2) is 24.3 Å². The van der Waals surface area contributed by atoms with Crippen molar-refractivity contribution in [3.63, 3.8) is 0 Å². The van der Waals surface area contributed by atoms with Crippen molar-refractivity contribution in [2.24, 2.45) is 5.41 Å². The molecule has 0 atom stereocenters. The zero-order valence-electron chi connectivity index (χ0n) is 15.4. The highest BCUT2D eigenvalue weighted by Crippen LogP contribution is 2.23. The fourth-order valence-corrected chi connectivity index (χ4v) is 3.06. The standard InChI is InChI=1S/C20H30N2O2/c1-20(2,3)19(24)21-16-11-9-10-15(14-16)18(23)22(4)17-12-7-5-6-8-13-17/h9-11,14,17H,5-8,12-13H2,1-4H3,(H,21,24). The van der Waals surface area contributed by atoms with Crippen LogP contribution in [0.3, 0.4) is 0 Å². The van der Waals surface area contributed by atoms with Crippen LogP contribution in [-0.2, 0) is 4.79 Å². The summed E-state index contributed by atoms with van der Waals surface area (Å²) in [5.74, 6) is -0.0158. The van der Waals surface area contributed by atoms with Crippen molar-refractivity contribution in [3.8, 4) is 0 Å². The number of nitrogens with one attached hydrogen (secondary N) is 1. The lowest BCUT2D eigenvalue weighted by Crippen LogP contribution is -2.36. The Bertz CT molecular complexity index is 582. The van der Waals surface area contributed by atoms with Gasteiger partial charge in [0.15, 0.2) is 0 Å². The lowest BCUT2D eigenvalue weighted by atomic mass is 9.95. The highest BCUT2D eigenvalue weighted by molar-refractivity contribution is 5.98. The molecule has 2 amide bonds. The molecule has 0 heterocycles. The predicted octanol–water partition coefficient (Wildman–Crippen LogP) is 4.47. The monoisotopic (exact) mass is 330 g/mol. The van der Waals surface area contributed by atoms with Crippen molar-refractivity contribution in [1.29, 1.82) is 0 Å². The smallest absolute Gasteiger partial charge is 0.253 e. The first-order valence-corrected chi connectivity index (χ1v) is 8.98. The number of amides is 2. The maximum atomic E-state index is 12.8. The van der Waals surface area contributed by atoms with E-state index in [0.717, 1.165) is 12.8 Å². The van der Waals surface area contributed by atoms with Gasteiger partial charge in [-0.2, -0.15) is 0 Å². The summed E-state index contributed by atoms with van der Waals surface area (Å²) >= 11 is 0. The van der Waals surface area contributed by atoms with E-state index in [2.05, 4.69) is 5.32 Å². The largest absolute Gasteiger partial charge is 0.339 e. The van der Waals surface area contributed by atoms with Crippen molar-refractivity contribution in [3.05, 3.63) is 29.8 Å². The minimum absolute atomic E-state index is 0.0359. The predicted molar refractivity (Wildman–Crippen MR) is 98.1 cm³/mol. The molecule has 0 unspecified atom stereocenters. The third-order valence-electron chi connectivity index (χ3n) is 4.74. The minimum atomic E-state index is -0.461. The molecule has 0 aromatic heterocycles. The van der Waals surface area contributed by atoms with E-state index in [9.17, 15) is 9.59 Å². The summed E-state index contributed by atoms with van der Waals surface area (Å²) in [5.41, 5.74) is 0.848. The van der Waals surface area contributed by atoms with Crippen molar-refractivity contribution in [2.75, 3.05) is 12.4 Å². The van der Waals surface area contributed by atoms with Crippen molar-refractivity contribution in [2.45, 2.75) is 65.3 Å². The first-order chi connectivity index (χ1) is 11.3. The Hall–Kier alpha value is -1.84. The van der Waals surface area contributed by atoms with E-state index in [1.165, 1.54) is 25.7 Å². The third kappa shape index (κ3) is 4.83. The van der Waals surface area contributed by atoms with E-state index in [4.69, 9.17) is 0 Å². The molecule has 4 heteroatoms. The van der Waals surface area contributed by atoms with E-state index in [1.54, 1.807) is 6.07 Å². The first-order valence-electron chi connectivity index (χ1n) is 8.98. The van der Waals surface area contributed by atoms with Gasteiger partial charge in [-0.05, 0) is 31.0 Å². The zero-order valence-corrected chi connectivity index (χ0v) is 15.4. The highest BCUT2D eigenvalue weighted by atomic mass is 16.2. The lowest BCUT2D eigenvalue weighted by molar-refractivity contribution is -0.123. The van der Waals surface area contributed by atoms with Crippen LogP contribution < -0.4 is 5.32 Å². The van der Waals surface area contributed by atoms with Gasteiger partial charge in [-0.1, -0.05) is 52.5 Å². The summed E-state index contributed by atoms with van der Waals surface area (Å²) in [5, 5.41) is 2.90. The van der Waals surface area contributed by atoms with Gasteiger partial charge in [-0.15, -0.1) is 0 Å². The molecule has 1 aliphatic rings. The van der Waals surface area contributed by atoms with Crippen LogP contribution in [0.2, 0.25) is 0 Å². The molecule has 132 valence electrons. The second-order valence-electron chi connectivity index (χ2n) is 7.85. The Balaban J connectivity index is 2.09. The topological polar surface area (TPSA) is 49.4 Å². The van der Waals surface area contributed by atoms with E-state index in [0.29, 0.717) is 17.3 Å². The van der Waals surface area contributed by atoms with Crippen molar-refractivity contribution in [1.82, 2.24) is 4.90 Å². The van der Waals surface area contributed by atoms with E-state index in [1.807, 2.05) is 50.9 Å². The molecule has 1 aromatic rings. The van der Waals surface area contributed by atoms with Crippen LogP contribution >= 0.6 is 0 Å². The van der Waals surface area contributed by atoms with Gasteiger partial charge >= 0.3 is 0 Å². The molecule has 4 nitrogen and oxygen atoms in total.